The molecule has 0 saturated heterocycles. The van der Waals surface area contributed by atoms with E-state index >= 15 is 0 Å². The largest absolute Gasteiger partial charge is 0.334 e. The van der Waals surface area contributed by atoms with Crippen LogP contribution >= 0.6 is 0 Å². The topological polar surface area (TPSA) is 41.6 Å². The van der Waals surface area contributed by atoms with E-state index < -0.39 is 0 Å². The molecule has 0 aliphatic rings. The van der Waals surface area contributed by atoms with Crippen molar-refractivity contribution in [1.82, 2.24) is 9.55 Å². The molecule has 0 N–H and O–H groups in total. The zero-order valence-electron chi connectivity index (χ0n) is 6.83. The third-order valence-corrected chi connectivity index (χ3v) is 1.76. The molecule has 1 aromatic heterocycles. The van der Waals surface area contributed by atoms with Crippen molar-refractivity contribution < 1.29 is 0 Å². The van der Waals surface area contributed by atoms with Gasteiger partial charge in [0.05, 0.1) is 18.2 Å². The van der Waals surface area contributed by atoms with Crippen LogP contribution in [-0.2, 0) is 19.9 Å². The summed E-state index contributed by atoms with van der Waals surface area (Å²) >= 11 is 0. The van der Waals surface area contributed by atoms with Gasteiger partial charge in [-0.15, -0.1) is 0 Å². The van der Waals surface area contributed by atoms with Gasteiger partial charge >= 0.3 is 0 Å². The van der Waals surface area contributed by atoms with Gasteiger partial charge in [-0.1, -0.05) is 6.92 Å². The average Bonchev–Trinajstić information content (AvgIpc) is 2.34. The van der Waals surface area contributed by atoms with Gasteiger partial charge in [-0.2, -0.15) is 5.26 Å². The van der Waals surface area contributed by atoms with Crippen LogP contribution < -0.4 is 0 Å². The van der Waals surface area contributed by atoms with Crippen LogP contribution in [0.2, 0.25) is 0 Å². The molecular weight excluding hydrogens is 138 g/mol. The Hall–Kier alpha value is -1.30. The van der Waals surface area contributed by atoms with Gasteiger partial charge in [0.15, 0.2) is 0 Å². The van der Waals surface area contributed by atoms with E-state index in [2.05, 4.69) is 18.0 Å². The Kier molecular flexibility index (Phi) is 2.27. The van der Waals surface area contributed by atoms with E-state index in [1.807, 2.05) is 11.6 Å². The Morgan fingerprint density at radius 3 is 2.91 bits per heavy atom. The predicted octanol–water partition coefficient (Wildman–Crippen LogP) is 1.05. The predicted molar refractivity (Wildman–Crippen MR) is 41.9 cm³/mol. The van der Waals surface area contributed by atoms with E-state index in [-0.39, 0.29) is 0 Å². The van der Waals surface area contributed by atoms with Gasteiger partial charge in [-0.3, -0.25) is 0 Å². The normalized spacial score (nSPS) is 9.55. The lowest BCUT2D eigenvalue weighted by atomic mass is 10.3. The molecule has 3 heteroatoms. The Bertz CT molecular complexity index is 280. The Morgan fingerprint density at radius 2 is 2.45 bits per heavy atom. The maximum Gasteiger partial charge on any atom is 0.108 e. The van der Waals surface area contributed by atoms with Crippen LogP contribution in [0.15, 0.2) is 6.20 Å². The molecule has 58 valence electrons. The quantitative estimate of drug-likeness (QED) is 0.630. The number of aryl methyl sites for hydroxylation is 1. The monoisotopic (exact) mass is 149 g/mol. The van der Waals surface area contributed by atoms with Crippen LogP contribution in [0.4, 0.5) is 0 Å². The van der Waals surface area contributed by atoms with Crippen molar-refractivity contribution in [3.8, 4) is 6.07 Å². The molecule has 3 nitrogen and oxygen atoms in total. The minimum absolute atomic E-state index is 0.448. The highest BCUT2D eigenvalue weighted by Gasteiger charge is 2.02. The van der Waals surface area contributed by atoms with E-state index in [1.54, 1.807) is 6.20 Å². The number of nitrogens with zero attached hydrogens (tertiary/aromatic N) is 3. The van der Waals surface area contributed by atoms with Crippen LogP contribution in [0.5, 0.6) is 0 Å². The van der Waals surface area contributed by atoms with E-state index in [4.69, 9.17) is 5.26 Å². The second kappa shape index (κ2) is 3.20. The van der Waals surface area contributed by atoms with Crippen molar-refractivity contribution in [3.05, 3.63) is 17.7 Å². The average molecular weight is 149 g/mol. The third-order valence-electron chi connectivity index (χ3n) is 1.76. The fourth-order valence-electron chi connectivity index (χ4n) is 1.06. The molecule has 0 spiro atoms. The molecule has 0 atom stereocenters. The Labute approximate surface area is 66.3 Å². The summed E-state index contributed by atoms with van der Waals surface area (Å²) in [6, 6.07) is 2.10. The van der Waals surface area contributed by atoms with E-state index in [0.717, 1.165) is 17.9 Å². The lowest BCUT2D eigenvalue weighted by molar-refractivity contribution is 0.775. The highest BCUT2D eigenvalue weighted by Crippen LogP contribution is 2.03. The minimum Gasteiger partial charge on any atom is -0.334 e. The first-order valence-electron chi connectivity index (χ1n) is 3.66. The van der Waals surface area contributed by atoms with Crippen LogP contribution in [0.1, 0.15) is 18.4 Å². The third kappa shape index (κ3) is 1.40. The number of aromatic nitrogens is 2. The second-order valence-electron chi connectivity index (χ2n) is 2.41. The maximum absolute atomic E-state index is 8.43. The molecular formula is C8H11N3. The second-order valence-corrected chi connectivity index (χ2v) is 2.41. The molecule has 0 aliphatic carbocycles. The zero-order valence-corrected chi connectivity index (χ0v) is 6.83. The number of nitriles is 1. The van der Waals surface area contributed by atoms with Gasteiger partial charge < -0.3 is 4.57 Å². The lowest BCUT2D eigenvalue weighted by Gasteiger charge is -1.99. The molecule has 0 amide bonds. The SMILES string of the molecule is CCc1ncc(CC#N)n1C. The number of imidazole rings is 1. The fraction of sp³-hybridized carbons (Fsp3) is 0.500. The summed E-state index contributed by atoms with van der Waals surface area (Å²) in [5.41, 5.74) is 0.990. The molecule has 0 radical (unpaired) electrons. The van der Waals surface area contributed by atoms with Crippen molar-refractivity contribution in [2.24, 2.45) is 7.05 Å². The summed E-state index contributed by atoms with van der Waals surface area (Å²) in [4.78, 5) is 4.16. The molecule has 1 heterocycles. The smallest absolute Gasteiger partial charge is 0.108 e. The molecule has 1 rings (SSSR count). The molecule has 11 heavy (non-hydrogen) atoms. The van der Waals surface area contributed by atoms with Gasteiger partial charge in [0.25, 0.3) is 0 Å². The van der Waals surface area contributed by atoms with Crippen LogP contribution in [0, 0.1) is 11.3 Å². The number of rotatable bonds is 2. The molecule has 0 aromatic carbocycles. The maximum atomic E-state index is 8.43. The van der Waals surface area contributed by atoms with Gasteiger partial charge in [-0.25, -0.2) is 4.98 Å². The highest BCUT2D eigenvalue weighted by atomic mass is 15.1. The Morgan fingerprint density at radius 1 is 1.73 bits per heavy atom. The standard InChI is InChI=1S/C8H11N3/c1-3-8-10-6-7(4-5-9)11(8)2/h6H,3-4H2,1-2H3. The molecule has 0 saturated carbocycles. The van der Waals surface area contributed by atoms with E-state index in [1.165, 1.54) is 0 Å². The first kappa shape index (κ1) is 7.80. The molecule has 0 fully saturated rings. The van der Waals surface area contributed by atoms with Crippen molar-refractivity contribution in [2.45, 2.75) is 19.8 Å². The van der Waals surface area contributed by atoms with Gasteiger partial charge in [-0.05, 0) is 0 Å². The van der Waals surface area contributed by atoms with Crippen LogP contribution in [0.25, 0.3) is 0 Å². The van der Waals surface area contributed by atoms with Crippen molar-refractivity contribution in [1.29, 1.82) is 5.26 Å². The number of hydrogen-bond donors (Lipinski definition) is 0. The van der Waals surface area contributed by atoms with Crippen molar-refractivity contribution in [2.75, 3.05) is 0 Å². The van der Waals surface area contributed by atoms with Crippen LogP contribution in [0.3, 0.4) is 0 Å². The summed E-state index contributed by atoms with van der Waals surface area (Å²) in [7, 11) is 1.94. The number of hydrogen-bond acceptors (Lipinski definition) is 2. The minimum atomic E-state index is 0.448. The molecule has 1 aromatic rings. The summed E-state index contributed by atoms with van der Waals surface area (Å²) in [5, 5.41) is 8.43. The highest BCUT2D eigenvalue weighted by molar-refractivity contribution is 5.09. The van der Waals surface area contributed by atoms with Crippen molar-refractivity contribution in [3.63, 3.8) is 0 Å². The van der Waals surface area contributed by atoms with Crippen LogP contribution in [-0.4, -0.2) is 9.55 Å². The van der Waals surface area contributed by atoms with Gasteiger partial charge in [0.2, 0.25) is 0 Å². The summed E-state index contributed by atoms with van der Waals surface area (Å²) < 4.78 is 1.98. The molecule has 0 bridgehead atoms. The summed E-state index contributed by atoms with van der Waals surface area (Å²) in [6.45, 7) is 2.05. The first-order chi connectivity index (χ1) is 5.29. The molecule has 0 unspecified atom stereocenters. The van der Waals surface area contributed by atoms with E-state index in [9.17, 15) is 0 Å². The van der Waals surface area contributed by atoms with Crippen molar-refractivity contribution >= 4 is 0 Å². The first-order valence-corrected chi connectivity index (χ1v) is 3.66. The zero-order chi connectivity index (χ0) is 8.27. The summed E-state index contributed by atoms with van der Waals surface area (Å²) in [5.74, 6) is 1.04. The van der Waals surface area contributed by atoms with Gasteiger partial charge in [0, 0.05) is 19.7 Å². The fourth-order valence-corrected chi connectivity index (χ4v) is 1.06. The molecule has 0 aliphatic heterocycles. The van der Waals surface area contributed by atoms with E-state index in [0.29, 0.717) is 6.42 Å². The van der Waals surface area contributed by atoms with Gasteiger partial charge in [0.1, 0.15) is 5.82 Å². The Balaban J connectivity index is 2.93. The summed E-state index contributed by atoms with van der Waals surface area (Å²) in [6.07, 6.45) is 3.13. The lowest BCUT2D eigenvalue weighted by Crippen LogP contribution is -1.99.